The van der Waals surface area contributed by atoms with Gasteiger partial charge in [-0.25, -0.2) is 4.98 Å². The highest BCUT2D eigenvalue weighted by Crippen LogP contribution is 2.27. The summed E-state index contributed by atoms with van der Waals surface area (Å²) in [4.78, 5) is 29.7. The molecule has 0 spiro atoms. The number of aromatic nitrogens is 1. The lowest BCUT2D eigenvalue weighted by Gasteiger charge is -2.31. The van der Waals surface area contributed by atoms with Crippen molar-refractivity contribution in [1.29, 1.82) is 0 Å². The number of rotatable bonds is 8. The lowest BCUT2D eigenvalue weighted by molar-refractivity contribution is -0.129. The molecule has 29 heavy (non-hydrogen) atoms. The van der Waals surface area contributed by atoms with Crippen molar-refractivity contribution in [2.24, 2.45) is 11.7 Å². The number of nitrogens with zero attached hydrogens (tertiary/aromatic N) is 1. The van der Waals surface area contributed by atoms with Crippen LogP contribution in [0.25, 0.3) is 10.2 Å². The van der Waals surface area contributed by atoms with Crippen molar-refractivity contribution in [2.75, 3.05) is 6.54 Å². The number of thiazole rings is 1. The van der Waals surface area contributed by atoms with Gasteiger partial charge >= 0.3 is 0 Å². The monoisotopic (exact) mass is 436 g/mol. The summed E-state index contributed by atoms with van der Waals surface area (Å²) < 4.78 is 0.968. The predicted octanol–water partition coefficient (Wildman–Crippen LogP) is 3.41. The Kier molecular flexibility index (Phi) is 7.86. The minimum atomic E-state index is -0.670. The fraction of sp³-hybridized carbons (Fsp3) is 0.571. The molecule has 1 saturated carbocycles. The molecule has 3 rings (SSSR count). The number of carbonyl (C=O) groups is 2. The van der Waals surface area contributed by atoms with E-state index < -0.39 is 6.04 Å². The Balaban J connectivity index is 1.73. The topological polar surface area (TPSA) is 97.1 Å². The van der Waals surface area contributed by atoms with Gasteiger partial charge in [0.25, 0.3) is 0 Å². The van der Waals surface area contributed by atoms with Gasteiger partial charge < -0.3 is 16.4 Å². The van der Waals surface area contributed by atoms with Gasteiger partial charge in [-0.15, -0.1) is 11.3 Å². The number of carbonyl (C=O) groups excluding carboxylic acids is 2. The van der Waals surface area contributed by atoms with Gasteiger partial charge in [-0.1, -0.05) is 37.8 Å². The van der Waals surface area contributed by atoms with Crippen LogP contribution in [0.2, 0.25) is 5.02 Å². The van der Waals surface area contributed by atoms with Crippen LogP contribution in [0.5, 0.6) is 0 Å². The first-order valence-corrected chi connectivity index (χ1v) is 11.5. The fourth-order valence-corrected chi connectivity index (χ4v) is 5.19. The van der Waals surface area contributed by atoms with Gasteiger partial charge in [-0.05, 0) is 37.0 Å². The van der Waals surface area contributed by atoms with Gasteiger partial charge in [0.05, 0.1) is 15.2 Å². The first kappa shape index (κ1) is 22.0. The molecule has 8 heteroatoms. The molecule has 158 valence electrons. The molecule has 4 N–H and O–H groups in total. The van der Waals surface area contributed by atoms with Gasteiger partial charge in [0, 0.05) is 30.5 Å². The number of benzene rings is 1. The van der Waals surface area contributed by atoms with Crippen LogP contribution in [0.3, 0.4) is 0 Å². The third kappa shape index (κ3) is 5.90. The van der Waals surface area contributed by atoms with E-state index in [1.807, 2.05) is 12.1 Å². The molecule has 1 aromatic heterocycles. The number of nitrogens with one attached hydrogen (secondary N) is 2. The summed E-state index contributed by atoms with van der Waals surface area (Å²) in [6.07, 6.45) is 6.46. The molecule has 1 aromatic carbocycles. The smallest absolute Gasteiger partial charge is 0.243 e. The molecule has 6 nitrogen and oxygen atoms in total. The molecular formula is C21H29ClN4O2S. The van der Waals surface area contributed by atoms with Gasteiger partial charge in [0.2, 0.25) is 11.8 Å². The molecule has 1 aliphatic rings. The zero-order valence-corrected chi connectivity index (χ0v) is 18.3. The Morgan fingerprint density at radius 2 is 2.03 bits per heavy atom. The zero-order valence-electron chi connectivity index (χ0n) is 16.7. The van der Waals surface area contributed by atoms with Crippen LogP contribution in [0, 0.1) is 5.92 Å². The van der Waals surface area contributed by atoms with Crippen molar-refractivity contribution >= 4 is 45.0 Å². The molecule has 0 saturated heterocycles. The van der Waals surface area contributed by atoms with E-state index in [1.54, 1.807) is 13.0 Å². The largest absolute Gasteiger partial charge is 0.350 e. The molecule has 1 fully saturated rings. The lowest BCUT2D eigenvalue weighted by Crippen LogP contribution is -2.54. The van der Waals surface area contributed by atoms with Gasteiger partial charge in [0.15, 0.2) is 0 Å². The molecule has 0 bridgehead atoms. The molecule has 0 radical (unpaired) electrons. The number of hydrogen-bond donors (Lipinski definition) is 3. The Hall–Kier alpha value is -1.70. The Morgan fingerprint density at radius 1 is 1.28 bits per heavy atom. The summed E-state index contributed by atoms with van der Waals surface area (Å²) in [5.74, 6) is 0.0613. The molecule has 1 aliphatic carbocycles. The number of amides is 2. The maximum atomic E-state index is 13.1. The molecular weight excluding hydrogens is 408 g/mol. The molecule has 2 amide bonds. The van der Waals surface area contributed by atoms with Crippen LogP contribution in [0.15, 0.2) is 18.2 Å². The third-order valence-electron chi connectivity index (χ3n) is 5.55. The van der Waals surface area contributed by atoms with Crippen molar-refractivity contribution in [2.45, 2.75) is 64.0 Å². The van der Waals surface area contributed by atoms with Crippen molar-refractivity contribution in [3.63, 3.8) is 0 Å². The summed E-state index contributed by atoms with van der Waals surface area (Å²) in [5.41, 5.74) is 6.82. The van der Waals surface area contributed by atoms with E-state index in [4.69, 9.17) is 17.3 Å². The van der Waals surface area contributed by atoms with Crippen LogP contribution in [-0.2, 0) is 16.0 Å². The first-order chi connectivity index (χ1) is 14.0. The number of hydrogen-bond acceptors (Lipinski definition) is 5. The lowest BCUT2D eigenvalue weighted by atomic mass is 9.84. The van der Waals surface area contributed by atoms with E-state index in [2.05, 4.69) is 15.6 Å². The van der Waals surface area contributed by atoms with Crippen LogP contribution in [-0.4, -0.2) is 35.4 Å². The quantitative estimate of drug-likeness (QED) is 0.590. The normalized spacial score (nSPS) is 17.1. The van der Waals surface area contributed by atoms with Gasteiger partial charge in [-0.3, -0.25) is 9.59 Å². The molecule has 2 aromatic rings. The highest BCUT2D eigenvalue weighted by atomic mass is 35.5. The SMILES string of the molecule is CCC(=O)NC(Cc1nc2ccc(Cl)cc2s1)C(=O)NC(CN)C1CCCCC1. The van der Waals surface area contributed by atoms with Crippen molar-refractivity contribution in [1.82, 2.24) is 15.6 Å². The van der Waals surface area contributed by atoms with Crippen molar-refractivity contribution in [3.8, 4) is 0 Å². The van der Waals surface area contributed by atoms with E-state index in [9.17, 15) is 9.59 Å². The van der Waals surface area contributed by atoms with E-state index in [-0.39, 0.29) is 17.9 Å². The summed E-state index contributed by atoms with van der Waals surface area (Å²) in [5, 5.41) is 7.40. The maximum Gasteiger partial charge on any atom is 0.243 e. The Labute approximate surface area is 180 Å². The van der Waals surface area contributed by atoms with E-state index in [1.165, 1.54) is 30.6 Å². The molecule has 1 heterocycles. The van der Waals surface area contributed by atoms with E-state index in [0.717, 1.165) is 28.1 Å². The molecule has 2 atom stereocenters. The van der Waals surface area contributed by atoms with Crippen LogP contribution < -0.4 is 16.4 Å². The Bertz CT molecular complexity index is 850. The standard InChI is InChI=1S/C21H29ClN4O2S/c1-2-19(27)24-16(11-20-25-15-9-8-14(22)10-18(15)29-20)21(28)26-17(12-23)13-6-4-3-5-7-13/h8-10,13,16-17H,2-7,11-12,23H2,1H3,(H,24,27)(H,26,28). The number of halogens is 1. The summed E-state index contributed by atoms with van der Waals surface area (Å²) >= 11 is 7.56. The van der Waals surface area contributed by atoms with E-state index >= 15 is 0 Å². The summed E-state index contributed by atoms with van der Waals surface area (Å²) in [6, 6.07) is 4.80. The van der Waals surface area contributed by atoms with Crippen LogP contribution in [0.1, 0.15) is 50.5 Å². The average molecular weight is 437 g/mol. The van der Waals surface area contributed by atoms with Crippen molar-refractivity contribution in [3.05, 3.63) is 28.2 Å². The minimum absolute atomic E-state index is 0.0574. The minimum Gasteiger partial charge on any atom is -0.350 e. The third-order valence-corrected chi connectivity index (χ3v) is 6.82. The zero-order chi connectivity index (χ0) is 20.8. The predicted molar refractivity (Wildman–Crippen MR) is 118 cm³/mol. The van der Waals surface area contributed by atoms with Crippen LogP contribution >= 0.6 is 22.9 Å². The van der Waals surface area contributed by atoms with Gasteiger partial charge in [-0.2, -0.15) is 0 Å². The van der Waals surface area contributed by atoms with Gasteiger partial charge in [0.1, 0.15) is 6.04 Å². The highest BCUT2D eigenvalue weighted by Gasteiger charge is 2.28. The first-order valence-electron chi connectivity index (χ1n) is 10.3. The maximum absolute atomic E-state index is 13.1. The summed E-state index contributed by atoms with van der Waals surface area (Å²) in [6.45, 7) is 2.18. The van der Waals surface area contributed by atoms with Crippen LogP contribution in [0.4, 0.5) is 0 Å². The van der Waals surface area contributed by atoms with E-state index in [0.29, 0.717) is 30.3 Å². The summed E-state index contributed by atoms with van der Waals surface area (Å²) in [7, 11) is 0. The fourth-order valence-electron chi connectivity index (χ4n) is 3.90. The molecule has 2 unspecified atom stereocenters. The number of nitrogens with two attached hydrogens (primary N) is 1. The van der Waals surface area contributed by atoms with Crippen molar-refractivity contribution < 1.29 is 9.59 Å². The Morgan fingerprint density at radius 3 is 2.72 bits per heavy atom. The molecule has 0 aliphatic heterocycles. The second kappa shape index (κ2) is 10.4. The average Bonchev–Trinajstić information content (AvgIpc) is 3.13. The second-order valence-corrected chi connectivity index (χ2v) is 9.20. The highest BCUT2D eigenvalue weighted by molar-refractivity contribution is 7.18. The second-order valence-electron chi connectivity index (χ2n) is 7.65. The number of fused-ring (bicyclic) bond motifs is 1.